The van der Waals surface area contributed by atoms with Gasteiger partial charge >= 0.3 is 0 Å². The molecule has 6 heteroatoms. The molecule has 0 bridgehead atoms. The fourth-order valence-corrected chi connectivity index (χ4v) is 2.75. The summed E-state index contributed by atoms with van der Waals surface area (Å²) in [6.45, 7) is 0.465. The van der Waals surface area contributed by atoms with E-state index in [1.165, 1.54) is 0 Å². The highest BCUT2D eigenvalue weighted by molar-refractivity contribution is 7.97. The third-order valence-electron chi connectivity index (χ3n) is 3.74. The van der Waals surface area contributed by atoms with E-state index in [4.69, 9.17) is 15.6 Å². The van der Waals surface area contributed by atoms with Crippen LogP contribution in [0.4, 0.5) is 11.4 Å². The van der Waals surface area contributed by atoms with Crippen molar-refractivity contribution in [3.63, 3.8) is 0 Å². The van der Waals surface area contributed by atoms with Crippen LogP contribution < -0.4 is 20.9 Å². The second-order valence-corrected chi connectivity index (χ2v) is 6.30. The summed E-state index contributed by atoms with van der Waals surface area (Å²) in [7, 11) is 0. The molecule has 0 fully saturated rings. The molecule has 0 unspecified atom stereocenters. The number of benzene rings is 3. The van der Waals surface area contributed by atoms with Crippen molar-refractivity contribution in [2.24, 2.45) is 5.14 Å². The van der Waals surface area contributed by atoms with E-state index in [1.807, 2.05) is 42.5 Å². The van der Waals surface area contributed by atoms with Crippen LogP contribution in [0.3, 0.4) is 0 Å². The van der Waals surface area contributed by atoms with Crippen molar-refractivity contribution in [2.45, 2.75) is 11.5 Å². The van der Waals surface area contributed by atoms with Gasteiger partial charge in [0.1, 0.15) is 12.4 Å². The molecule has 0 radical (unpaired) electrons. The Balaban J connectivity index is 1.66. The molecule has 5 nitrogen and oxygen atoms in total. The number of nitrogens with one attached hydrogen (secondary N) is 1. The van der Waals surface area contributed by atoms with E-state index >= 15 is 0 Å². The first-order chi connectivity index (χ1) is 12.7. The topological polar surface area (TPSA) is 90.4 Å². The average molecular weight is 365 g/mol. The molecular weight excluding hydrogens is 346 g/mol. The molecule has 0 saturated carbocycles. The largest absolute Gasteiger partial charge is 0.489 e. The number of anilines is 2. The lowest BCUT2D eigenvalue weighted by atomic mass is 10.2. The molecule has 5 N–H and O–H groups in total. The molecule has 0 aromatic heterocycles. The second-order valence-electron chi connectivity index (χ2n) is 5.63. The van der Waals surface area contributed by atoms with E-state index in [1.54, 1.807) is 30.3 Å². The number of amides is 1. The van der Waals surface area contributed by atoms with Crippen molar-refractivity contribution in [1.29, 1.82) is 0 Å². The number of hydrogen-bond donors (Lipinski definition) is 3. The quantitative estimate of drug-likeness (QED) is 0.452. The summed E-state index contributed by atoms with van der Waals surface area (Å²) in [5.41, 5.74) is 8.55. The lowest BCUT2D eigenvalue weighted by Gasteiger charge is -2.10. The van der Waals surface area contributed by atoms with Crippen LogP contribution in [-0.4, -0.2) is 5.91 Å². The molecule has 3 aromatic rings. The smallest absolute Gasteiger partial charge is 0.255 e. The summed E-state index contributed by atoms with van der Waals surface area (Å²) in [4.78, 5) is 13.1. The van der Waals surface area contributed by atoms with Crippen LogP contribution in [0.5, 0.6) is 5.75 Å². The molecule has 132 valence electrons. The summed E-state index contributed by atoms with van der Waals surface area (Å²) >= 11 is 1.05. The van der Waals surface area contributed by atoms with Gasteiger partial charge in [0.15, 0.2) is 0 Å². The number of nitrogens with two attached hydrogens (primary N) is 2. The molecule has 0 heterocycles. The number of carbonyl (C=O) groups is 1. The zero-order valence-electron chi connectivity index (χ0n) is 14.0. The Morgan fingerprint density at radius 3 is 2.54 bits per heavy atom. The van der Waals surface area contributed by atoms with E-state index in [0.29, 0.717) is 29.3 Å². The SMILES string of the molecule is NSc1ccc(C(=O)Nc2cccc(OCc3ccccc3)c2)cc1N. The minimum Gasteiger partial charge on any atom is -0.489 e. The van der Waals surface area contributed by atoms with Crippen molar-refractivity contribution in [1.82, 2.24) is 0 Å². The first kappa shape index (κ1) is 17.8. The highest BCUT2D eigenvalue weighted by Crippen LogP contribution is 2.23. The van der Waals surface area contributed by atoms with Gasteiger partial charge < -0.3 is 15.8 Å². The van der Waals surface area contributed by atoms with Gasteiger partial charge in [-0.2, -0.15) is 0 Å². The number of carbonyl (C=O) groups excluding carboxylic acids is 1. The molecule has 3 rings (SSSR count). The molecule has 0 aliphatic carbocycles. The summed E-state index contributed by atoms with van der Waals surface area (Å²) in [5, 5.41) is 8.36. The Kier molecular flexibility index (Phi) is 5.78. The predicted molar refractivity (Wildman–Crippen MR) is 106 cm³/mol. The van der Waals surface area contributed by atoms with Crippen LogP contribution in [0.15, 0.2) is 77.7 Å². The van der Waals surface area contributed by atoms with Gasteiger partial charge in [0.2, 0.25) is 0 Å². The maximum Gasteiger partial charge on any atom is 0.255 e. The van der Waals surface area contributed by atoms with Crippen molar-refractivity contribution in [3.05, 3.63) is 83.9 Å². The van der Waals surface area contributed by atoms with E-state index in [2.05, 4.69) is 5.32 Å². The van der Waals surface area contributed by atoms with E-state index in [-0.39, 0.29) is 5.91 Å². The molecule has 0 saturated heterocycles. The van der Waals surface area contributed by atoms with Crippen LogP contribution in [0.1, 0.15) is 15.9 Å². The highest BCUT2D eigenvalue weighted by Gasteiger charge is 2.09. The van der Waals surface area contributed by atoms with Crippen LogP contribution in [0, 0.1) is 0 Å². The number of ether oxygens (including phenoxy) is 1. The molecule has 0 spiro atoms. The molecule has 0 aliphatic rings. The van der Waals surface area contributed by atoms with Gasteiger partial charge in [-0.15, -0.1) is 0 Å². The summed E-state index contributed by atoms with van der Waals surface area (Å²) in [5.74, 6) is 0.437. The van der Waals surface area contributed by atoms with Gasteiger partial charge in [-0.25, -0.2) is 0 Å². The normalized spacial score (nSPS) is 10.3. The third-order valence-corrected chi connectivity index (χ3v) is 4.36. The van der Waals surface area contributed by atoms with E-state index in [9.17, 15) is 4.79 Å². The Labute approximate surface area is 156 Å². The van der Waals surface area contributed by atoms with Crippen molar-refractivity contribution in [2.75, 3.05) is 11.1 Å². The second kappa shape index (κ2) is 8.42. The van der Waals surface area contributed by atoms with Crippen molar-refractivity contribution in [3.8, 4) is 5.75 Å². The zero-order chi connectivity index (χ0) is 18.4. The standard InChI is InChI=1S/C20H19N3O2S/c21-18-11-15(9-10-19(18)26-22)20(24)23-16-7-4-8-17(12-16)25-13-14-5-2-1-3-6-14/h1-12H,13,21-22H2,(H,23,24). The van der Waals surface area contributed by atoms with Crippen LogP contribution >= 0.6 is 11.9 Å². The molecule has 3 aromatic carbocycles. The van der Waals surface area contributed by atoms with Gasteiger partial charge in [0.25, 0.3) is 5.91 Å². The van der Waals surface area contributed by atoms with E-state index < -0.39 is 0 Å². The number of rotatable bonds is 6. The first-order valence-electron chi connectivity index (χ1n) is 8.00. The van der Waals surface area contributed by atoms with Gasteiger partial charge in [0, 0.05) is 27.9 Å². The summed E-state index contributed by atoms with van der Waals surface area (Å²) < 4.78 is 5.78. The maximum atomic E-state index is 12.4. The minimum absolute atomic E-state index is 0.245. The van der Waals surface area contributed by atoms with Gasteiger partial charge in [-0.05, 0) is 47.8 Å². The zero-order valence-corrected chi connectivity index (χ0v) is 14.8. The maximum absolute atomic E-state index is 12.4. The first-order valence-corrected chi connectivity index (χ1v) is 8.88. The average Bonchev–Trinajstić information content (AvgIpc) is 2.67. The van der Waals surface area contributed by atoms with Gasteiger partial charge in [-0.3, -0.25) is 9.93 Å². The van der Waals surface area contributed by atoms with E-state index in [0.717, 1.165) is 22.4 Å². The fourth-order valence-electron chi connectivity index (χ4n) is 2.40. The van der Waals surface area contributed by atoms with Crippen LogP contribution in [0.2, 0.25) is 0 Å². The number of hydrogen-bond acceptors (Lipinski definition) is 5. The Hall–Kier alpha value is -2.96. The number of nitrogen functional groups attached to an aromatic ring is 1. The Morgan fingerprint density at radius 2 is 1.81 bits per heavy atom. The molecule has 1 amide bonds. The Bertz CT molecular complexity index is 901. The molecular formula is C20H19N3O2S. The minimum atomic E-state index is -0.245. The monoisotopic (exact) mass is 365 g/mol. The fraction of sp³-hybridized carbons (Fsp3) is 0.0500. The lowest BCUT2D eigenvalue weighted by Crippen LogP contribution is -2.12. The van der Waals surface area contributed by atoms with Crippen LogP contribution in [-0.2, 0) is 6.61 Å². The molecule has 26 heavy (non-hydrogen) atoms. The third kappa shape index (κ3) is 4.56. The molecule has 0 aliphatic heterocycles. The molecule has 0 atom stereocenters. The van der Waals surface area contributed by atoms with Gasteiger partial charge in [0.05, 0.1) is 0 Å². The van der Waals surface area contributed by atoms with Gasteiger partial charge in [-0.1, -0.05) is 36.4 Å². The lowest BCUT2D eigenvalue weighted by molar-refractivity contribution is 0.102. The van der Waals surface area contributed by atoms with Crippen LogP contribution in [0.25, 0.3) is 0 Å². The predicted octanol–water partition coefficient (Wildman–Crippen LogP) is 4.07. The Morgan fingerprint density at radius 1 is 1.00 bits per heavy atom. The summed E-state index contributed by atoms with van der Waals surface area (Å²) in [6.07, 6.45) is 0. The van der Waals surface area contributed by atoms with Crippen molar-refractivity contribution < 1.29 is 9.53 Å². The summed E-state index contributed by atoms with van der Waals surface area (Å²) in [6, 6.07) is 22.2. The van der Waals surface area contributed by atoms with Crippen molar-refractivity contribution >= 4 is 29.2 Å². The highest BCUT2D eigenvalue weighted by atomic mass is 32.2.